The zero-order valence-electron chi connectivity index (χ0n) is 15.0. The Bertz CT molecular complexity index is 1200. The summed E-state index contributed by atoms with van der Waals surface area (Å²) < 4.78 is 2.77. The summed E-state index contributed by atoms with van der Waals surface area (Å²) in [5.41, 5.74) is 3.02. The lowest BCUT2D eigenvalue weighted by Crippen LogP contribution is -2.19. The number of carboxylic acids is 1. The molecule has 10 heteroatoms. The van der Waals surface area contributed by atoms with E-state index in [2.05, 4.69) is 30.6 Å². The van der Waals surface area contributed by atoms with Crippen molar-refractivity contribution in [2.24, 2.45) is 5.92 Å². The molecule has 1 saturated carbocycles. The summed E-state index contributed by atoms with van der Waals surface area (Å²) in [6, 6.07) is 5.99. The van der Waals surface area contributed by atoms with Crippen LogP contribution in [0.15, 0.2) is 24.4 Å². The van der Waals surface area contributed by atoms with Crippen molar-refractivity contribution in [2.75, 3.05) is 5.32 Å². The van der Waals surface area contributed by atoms with Gasteiger partial charge in [0.2, 0.25) is 5.95 Å². The molecule has 9 nitrogen and oxygen atoms in total. The smallest absolute Gasteiger partial charge is 0.306 e. The van der Waals surface area contributed by atoms with Gasteiger partial charge in [0, 0.05) is 6.04 Å². The number of carboxylic acid groups (broad SMARTS) is 1. The molecule has 2 atom stereocenters. The molecule has 0 bridgehead atoms. The van der Waals surface area contributed by atoms with Crippen LogP contribution in [-0.4, -0.2) is 47.1 Å². The number of nitrogens with zero attached hydrogens (tertiary/aromatic N) is 6. The van der Waals surface area contributed by atoms with Crippen molar-refractivity contribution in [1.29, 1.82) is 0 Å². The van der Waals surface area contributed by atoms with E-state index in [1.165, 1.54) is 0 Å². The Morgan fingerprint density at radius 1 is 1.29 bits per heavy atom. The lowest BCUT2D eigenvalue weighted by molar-refractivity contribution is -0.141. The summed E-state index contributed by atoms with van der Waals surface area (Å²) in [6.07, 6.45) is 3.67. The van der Waals surface area contributed by atoms with Crippen LogP contribution in [0.1, 0.15) is 24.3 Å². The number of fused-ring (bicyclic) bond motifs is 2. The standard InChI is InChI=1S/C18H17N7O2S/c1-9-20-13-5-4-12(7-15(13)28-9)25-16-14(23-24-25)8-19-18(22-16)21-11-3-2-10(6-11)17(26)27/h4-5,7-8,10-11H,2-3,6H2,1H3,(H,26,27)(H,19,21,22)/t10-,11-/m1/s1. The maximum atomic E-state index is 11.2. The Hall–Kier alpha value is -3.14. The average molecular weight is 395 g/mol. The average Bonchev–Trinajstić information content (AvgIpc) is 3.38. The van der Waals surface area contributed by atoms with Gasteiger partial charge in [-0.15, -0.1) is 16.4 Å². The lowest BCUT2D eigenvalue weighted by atomic mass is 10.1. The number of benzene rings is 1. The van der Waals surface area contributed by atoms with Crippen molar-refractivity contribution < 1.29 is 9.90 Å². The van der Waals surface area contributed by atoms with Gasteiger partial charge < -0.3 is 10.4 Å². The van der Waals surface area contributed by atoms with Crippen LogP contribution in [0.3, 0.4) is 0 Å². The van der Waals surface area contributed by atoms with Crippen LogP contribution in [0.4, 0.5) is 5.95 Å². The molecule has 1 aromatic carbocycles. The highest BCUT2D eigenvalue weighted by atomic mass is 32.1. The van der Waals surface area contributed by atoms with E-state index in [9.17, 15) is 4.79 Å². The van der Waals surface area contributed by atoms with Gasteiger partial charge in [0.25, 0.3) is 0 Å². The number of nitrogens with one attached hydrogen (secondary N) is 1. The van der Waals surface area contributed by atoms with E-state index in [1.54, 1.807) is 22.2 Å². The van der Waals surface area contributed by atoms with Crippen molar-refractivity contribution in [2.45, 2.75) is 32.2 Å². The minimum absolute atomic E-state index is 0.0550. The van der Waals surface area contributed by atoms with Gasteiger partial charge in [0.1, 0.15) is 0 Å². The topological polar surface area (TPSA) is 119 Å². The van der Waals surface area contributed by atoms with Crippen LogP contribution < -0.4 is 5.32 Å². The van der Waals surface area contributed by atoms with E-state index in [0.29, 0.717) is 30.0 Å². The third kappa shape index (κ3) is 2.95. The molecule has 1 fully saturated rings. The van der Waals surface area contributed by atoms with Crippen LogP contribution in [0.25, 0.3) is 27.1 Å². The molecule has 28 heavy (non-hydrogen) atoms. The summed E-state index contributed by atoms with van der Waals surface area (Å²) >= 11 is 1.63. The van der Waals surface area contributed by atoms with Gasteiger partial charge in [0.05, 0.1) is 33.0 Å². The fraction of sp³-hybridized carbons (Fsp3) is 0.333. The second-order valence-electron chi connectivity index (χ2n) is 6.98. The van der Waals surface area contributed by atoms with E-state index in [-0.39, 0.29) is 12.0 Å². The minimum Gasteiger partial charge on any atom is -0.481 e. The number of aliphatic carboxylic acids is 1. The third-order valence-electron chi connectivity index (χ3n) is 5.03. The molecule has 0 unspecified atom stereocenters. The molecule has 0 aliphatic heterocycles. The summed E-state index contributed by atoms with van der Waals surface area (Å²) in [6.45, 7) is 1.98. The first kappa shape index (κ1) is 17.0. The molecule has 5 rings (SSSR count). The SMILES string of the molecule is Cc1nc2ccc(-n3nnc4cnc(N[C@@H]5CC[C@@H](C(=O)O)C5)nc43)cc2s1. The van der Waals surface area contributed by atoms with Gasteiger partial charge in [-0.05, 0) is 44.4 Å². The van der Waals surface area contributed by atoms with Crippen LogP contribution in [0.5, 0.6) is 0 Å². The fourth-order valence-corrected chi connectivity index (χ4v) is 4.51. The van der Waals surface area contributed by atoms with Gasteiger partial charge in [-0.3, -0.25) is 4.79 Å². The highest BCUT2D eigenvalue weighted by molar-refractivity contribution is 7.18. The van der Waals surface area contributed by atoms with Crippen LogP contribution in [-0.2, 0) is 4.79 Å². The number of rotatable bonds is 4. The second-order valence-corrected chi connectivity index (χ2v) is 8.21. The van der Waals surface area contributed by atoms with Crippen molar-refractivity contribution in [1.82, 2.24) is 29.9 Å². The lowest BCUT2D eigenvalue weighted by Gasteiger charge is -2.12. The van der Waals surface area contributed by atoms with Crippen molar-refractivity contribution in [3.8, 4) is 5.69 Å². The predicted octanol–water partition coefficient (Wildman–Crippen LogP) is 2.79. The van der Waals surface area contributed by atoms with Gasteiger partial charge in [-0.25, -0.2) is 9.97 Å². The van der Waals surface area contributed by atoms with Crippen LogP contribution >= 0.6 is 11.3 Å². The van der Waals surface area contributed by atoms with Gasteiger partial charge >= 0.3 is 5.97 Å². The summed E-state index contributed by atoms with van der Waals surface area (Å²) in [5, 5.41) is 21.8. The van der Waals surface area contributed by atoms with Crippen molar-refractivity contribution in [3.05, 3.63) is 29.4 Å². The summed E-state index contributed by atoms with van der Waals surface area (Å²) in [4.78, 5) is 24.5. The van der Waals surface area contributed by atoms with E-state index < -0.39 is 5.97 Å². The molecular weight excluding hydrogens is 378 g/mol. The molecule has 0 amide bonds. The van der Waals surface area contributed by atoms with Gasteiger partial charge in [0.15, 0.2) is 11.2 Å². The second kappa shape index (κ2) is 6.48. The molecule has 3 aromatic heterocycles. The highest BCUT2D eigenvalue weighted by Crippen LogP contribution is 2.28. The molecule has 1 aliphatic rings. The van der Waals surface area contributed by atoms with Gasteiger partial charge in [-0.2, -0.15) is 9.67 Å². The molecule has 0 radical (unpaired) electrons. The quantitative estimate of drug-likeness (QED) is 0.541. The Morgan fingerprint density at radius 2 is 2.18 bits per heavy atom. The molecule has 3 heterocycles. The Balaban J connectivity index is 1.47. The largest absolute Gasteiger partial charge is 0.481 e. The highest BCUT2D eigenvalue weighted by Gasteiger charge is 2.30. The Morgan fingerprint density at radius 3 is 3.00 bits per heavy atom. The minimum atomic E-state index is -0.739. The molecule has 142 valence electrons. The number of hydrogen-bond donors (Lipinski definition) is 2. The number of carbonyl (C=O) groups is 1. The maximum Gasteiger partial charge on any atom is 0.306 e. The van der Waals surface area contributed by atoms with Crippen LogP contribution in [0, 0.1) is 12.8 Å². The number of anilines is 1. The zero-order valence-corrected chi connectivity index (χ0v) is 15.8. The van der Waals surface area contributed by atoms with Crippen molar-refractivity contribution >= 4 is 44.6 Å². The summed E-state index contributed by atoms with van der Waals surface area (Å²) in [7, 11) is 0. The third-order valence-corrected chi connectivity index (χ3v) is 5.96. The first-order valence-corrected chi connectivity index (χ1v) is 9.84. The first-order valence-electron chi connectivity index (χ1n) is 9.02. The molecular formula is C18H17N7O2S. The molecule has 4 aromatic rings. The van der Waals surface area contributed by atoms with E-state index in [1.807, 2.05) is 25.1 Å². The zero-order chi connectivity index (χ0) is 19.3. The predicted molar refractivity (Wildman–Crippen MR) is 105 cm³/mol. The number of aromatic nitrogens is 6. The molecule has 0 saturated heterocycles. The normalized spacial score (nSPS) is 19.5. The van der Waals surface area contributed by atoms with Crippen molar-refractivity contribution in [3.63, 3.8) is 0 Å². The maximum absolute atomic E-state index is 11.2. The molecule has 2 N–H and O–H groups in total. The number of hydrogen-bond acceptors (Lipinski definition) is 8. The fourth-order valence-electron chi connectivity index (χ4n) is 3.65. The van der Waals surface area contributed by atoms with Gasteiger partial charge in [-0.1, -0.05) is 5.21 Å². The van der Waals surface area contributed by atoms with E-state index in [4.69, 9.17) is 5.11 Å². The van der Waals surface area contributed by atoms with E-state index in [0.717, 1.165) is 27.3 Å². The van der Waals surface area contributed by atoms with Crippen LogP contribution in [0.2, 0.25) is 0 Å². The summed E-state index contributed by atoms with van der Waals surface area (Å²) in [5.74, 6) is -0.582. The monoisotopic (exact) mass is 395 g/mol. The molecule has 1 aliphatic carbocycles. The number of thiazole rings is 1. The van der Waals surface area contributed by atoms with E-state index >= 15 is 0 Å². The molecule has 0 spiro atoms. The Labute approximate surface area is 163 Å². The number of aryl methyl sites for hydroxylation is 1. The Kier molecular flexibility index (Phi) is 3.93. The first-order chi connectivity index (χ1) is 13.6.